The highest BCUT2D eigenvalue weighted by atomic mass is 35.5. The van der Waals surface area contributed by atoms with E-state index in [1.165, 1.54) is 26.0 Å². The van der Waals surface area contributed by atoms with Gasteiger partial charge in [0, 0.05) is 23.2 Å². The van der Waals surface area contributed by atoms with E-state index in [0.717, 1.165) is 0 Å². The fourth-order valence-corrected chi connectivity index (χ4v) is 2.15. The predicted molar refractivity (Wildman–Crippen MR) is 91.4 cm³/mol. The van der Waals surface area contributed by atoms with E-state index in [2.05, 4.69) is 5.32 Å². The molecule has 2 rings (SSSR count). The van der Waals surface area contributed by atoms with E-state index in [9.17, 15) is 14.4 Å². The Labute approximate surface area is 144 Å². The largest absolute Gasteiger partial charge is 0.451 e. The molecule has 0 aliphatic rings. The van der Waals surface area contributed by atoms with Crippen LogP contribution in [-0.4, -0.2) is 23.8 Å². The summed E-state index contributed by atoms with van der Waals surface area (Å²) in [6.45, 7) is 2.91. The Bertz CT molecular complexity index is 754. The zero-order valence-electron chi connectivity index (χ0n) is 13.2. The van der Waals surface area contributed by atoms with Gasteiger partial charge in [0.15, 0.2) is 6.10 Å². The average molecular weight is 346 g/mol. The lowest BCUT2D eigenvalue weighted by Gasteiger charge is -2.12. The quantitative estimate of drug-likeness (QED) is 0.662. The van der Waals surface area contributed by atoms with Gasteiger partial charge >= 0.3 is 5.97 Å². The first kappa shape index (κ1) is 17.7. The predicted octanol–water partition coefficient (Wildman–Crippen LogP) is 3.73. The fraction of sp³-hybridized carbons (Fsp3) is 0.167. The van der Waals surface area contributed by atoms with Gasteiger partial charge in [0.05, 0.1) is 5.56 Å². The number of carbonyl (C=O) groups is 3. The number of amides is 1. The standard InChI is InChI=1S/C18H16ClNO4/c1-11(17(22)13-3-7-15(19)8-4-13)24-18(23)14-5-9-16(10-6-14)20-12(2)21/h3-11H,1-2H3,(H,20,21)/t11-/m1/s1. The van der Waals surface area contributed by atoms with Crippen molar-refractivity contribution in [1.82, 2.24) is 0 Å². The molecule has 1 amide bonds. The van der Waals surface area contributed by atoms with Gasteiger partial charge in [-0.1, -0.05) is 11.6 Å². The van der Waals surface area contributed by atoms with E-state index in [1.807, 2.05) is 0 Å². The Morgan fingerprint density at radius 1 is 0.958 bits per heavy atom. The van der Waals surface area contributed by atoms with Gasteiger partial charge in [-0.2, -0.15) is 0 Å². The second kappa shape index (κ2) is 7.75. The lowest BCUT2D eigenvalue weighted by Crippen LogP contribution is -2.24. The molecule has 124 valence electrons. The molecule has 2 aromatic carbocycles. The first-order valence-electron chi connectivity index (χ1n) is 7.25. The minimum atomic E-state index is -0.923. The van der Waals surface area contributed by atoms with E-state index in [1.54, 1.807) is 36.4 Å². The molecule has 5 nitrogen and oxygen atoms in total. The van der Waals surface area contributed by atoms with Gasteiger partial charge in [0.2, 0.25) is 11.7 Å². The SMILES string of the molecule is CC(=O)Nc1ccc(C(=O)O[C@H](C)C(=O)c2ccc(Cl)cc2)cc1. The molecule has 6 heteroatoms. The molecule has 0 aliphatic carbocycles. The lowest BCUT2D eigenvalue weighted by molar-refractivity contribution is -0.114. The highest BCUT2D eigenvalue weighted by molar-refractivity contribution is 6.30. The van der Waals surface area contributed by atoms with Crippen LogP contribution in [0.2, 0.25) is 5.02 Å². The number of hydrogen-bond acceptors (Lipinski definition) is 4. The topological polar surface area (TPSA) is 72.5 Å². The van der Waals surface area contributed by atoms with Crippen molar-refractivity contribution in [2.75, 3.05) is 5.32 Å². The molecule has 0 fully saturated rings. The van der Waals surface area contributed by atoms with Crippen molar-refractivity contribution in [2.24, 2.45) is 0 Å². The van der Waals surface area contributed by atoms with E-state index in [-0.39, 0.29) is 11.7 Å². The maximum Gasteiger partial charge on any atom is 0.338 e. The summed E-state index contributed by atoms with van der Waals surface area (Å²) in [5.74, 6) is -1.12. The van der Waals surface area contributed by atoms with Crippen LogP contribution in [0, 0.1) is 0 Å². The number of rotatable bonds is 5. The van der Waals surface area contributed by atoms with Crippen LogP contribution in [0.5, 0.6) is 0 Å². The first-order chi connectivity index (χ1) is 11.4. The molecule has 2 aromatic rings. The van der Waals surface area contributed by atoms with Crippen molar-refractivity contribution in [1.29, 1.82) is 0 Å². The molecule has 24 heavy (non-hydrogen) atoms. The molecule has 0 radical (unpaired) electrons. The Morgan fingerprint density at radius 2 is 1.50 bits per heavy atom. The molecule has 1 N–H and O–H groups in total. The summed E-state index contributed by atoms with van der Waals surface area (Å²) in [7, 11) is 0. The molecule has 0 spiro atoms. The number of nitrogens with one attached hydrogen (secondary N) is 1. The number of hydrogen-bond donors (Lipinski definition) is 1. The first-order valence-corrected chi connectivity index (χ1v) is 7.63. The number of benzene rings is 2. The maximum atomic E-state index is 12.2. The van der Waals surface area contributed by atoms with Gasteiger partial charge in [-0.3, -0.25) is 9.59 Å². The summed E-state index contributed by atoms with van der Waals surface area (Å²) < 4.78 is 5.20. The molecular weight excluding hydrogens is 330 g/mol. The average Bonchev–Trinajstić information content (AvgIpc) is 2.55. The number of anilines is 1. The molecule has 0 saturated heterocycles. The summed E-state index contributed by atoms with van der Waals surface area (Å²) in [5, 5.41) is 3.12. The third-order valence-electron chi connectivity index (χ3n) is 3.22. The normalized spacial score (nSPS) is 11.5. The highest BCUT2D eigenvalue weighted by Crippen LogP contribution is 2.15. The Hall–Kier alpha value is -2.66. The van der Waals surface area contributed by atoms with Crippen molar-refractivity contribution in [2.45, 2.75) is 20.0 Å². The van der Waals surface area contributed by atoms with Gasteiger partial charge < -0.3 is 10.1 Å². The summed E-state index contributed by atoms with van der Waals surface area (Å²) in [6, 6.07) is 12.6. The number of esters is 1. The zero-order chi connectivity index (χ0) is 17.7. The Kier molecular flexibility index (Phi) is 5.71. The molecule has 1 atom stereocenters. The van der Waals surface area contributed by atoms with Gasteiger partial charge in [0.25, 0.3) is 0 Å². The minimum absolute atomic E-state index is 0.201. The Balaban J connectivity index is 2.01. The monoisotopic (exact) mass is 345 g/mol. The van der Waals surface area contributed by atoms with Crippen molar-refractivity contribution < 1.29 is 19.1 Å². The third-order valence-corrected chi connectivity index (χ3v) is 3.47. The molecule has 0 saturated carbocycles. The zero-order valence-corrected chi connectivity index (χ0v) is 14.0. The van der Waals surface area contributed by atoms with Crippen LogP contribution in [0.3, 0.4) is 0 Å². The smallest absolute Gasteiger partial charge is 0.338 e. The van der Waals surface area contributed by atoms with Crippen molar-refractivity contribution in [3.8, 4) is 0 Å². The van der Waals surface area contributed by atoms with Gasteiger partial charge in [-0.25, -0.2) is 4.79 Å². The minimum Gasteiger partial charge on any atom is -0.451 e. The number of Topliss-reactive ketones (excluding diaryl/α,β-unsaturated/α-hetero) is 1. The number of halogens is 1. The number of ether oxygens (including phenoxy) is 1. The molecule has 0 heterocycles. The van der Waals surface area contributed by atoms with E-state index >= 15 is 0 Å². The number of ketones is 1. The third kappa shape index (κ3) is 4.67. The van der Waals surface area contributed by atoms with Crippen LogP contribution < -0.4 is 5.32 Å². The summed E-state index contributed by atoms with van der Waals surface area (Å²) >= 11 is 5.78. The second-order valence-corrected chi connectivity index (χ2v) is 5.61. The fourth-order valence-electron chi connectivity index (χ4n) is 2.02. The van der Waals surface area contributed by atoms with Gasteiger partial charge in [-0.15, -0.1) is 0 Å². The summed E-state index contributed by atoms with van der Waals surface area (Å²) in [4.78, 5) is 35.3. The van der Waals surface area contributed by atoms with Crippen LogP contribution in [0.4, 0.5) is 5.69 Å². The van der Waals surface area contributed by atoms with Crippen molar-refractivity contribution in [3.05, 3.63) is 64.7 Å². The van der Waals surface area contributed by atoms with E-state index in [0.29, 0.717) is 21.8 Å². The summed E-state index contributed by atoms with van der Waals surface area (Å²) in [5.41, 5.74) is 1.28. The van der Waals surface area contributed by atoms with Gasteiger partial charge in [-0.05, 0) is 55.5 Å². The maximum absolute atomic E-state index is 12.2. The van der Waals surface area contributed by atoms with Gasteiger partial charge in [0.1, 0.15) is 0 Å². The van der Waals surface area contributed by atoms with Crippen molar-refractivity contribution in [3.63, 3.8) is 0 Å². The lowest BCUT2D eigenvalue weighted by atomic mass is 10.1. The van der Waals surface area contributed by atoms with Crippen LogP contribution in [0.15, 0.2) is 48.5 Å². The molecule has 0 bridgehead atoms. The molecule has 0 aliphatic heterocycles. The molecular formula is C18H16ClNO4. The number of carbonyl (C=O) groups excluding carboxylic acids is 3. The van der Waals surface area contributed by atoms with E-state index in [4.69, 9.17) is 16.3 Å². The second-order valence-electron chi connectivity index (χ2n) is 5.18. The molecule has 0 aromatic heterocycles. The summed E-state index contributed by atoms with van der Waals surface area (Å²) in [6.07, 6.45) is -0.923. The van der Waals surface area contributed by atoms with Crippen LogP contribution in [0.1, 0.15) is 34.6 Å². The van der Waals surface area contributed by atoms with E-state index < -0.39 is 12.1 Å². The van der Waals surface area contributed by atoms with Crippen molar-refractivity contribution >= 4 is 34.9 Å². The molecule has 0 unspecified atom stereocenters. The van der Waals surface area contributed by atoms with Crippen LogP contribution in [0.25, 0.3) is 0 Å². The highest BCUT2D eigenvalue weighted by Gasteiger charge is 2.20. The van der Waals surface area contributed by atoms with Crippen LogP contribution in [-0.2, 0) is 9.53 Å². The van der Waals surface area contributed by atoms with Crippen LogP contribution >= 0.6 is 11.6 Å². The Morgan fingerprint density at radius 3 is 2.04 bits per heavy atom.